The smallest absolute Gasteiger partial charge is 0.305 e. The van der Waals surface area contributed by atoms with E-state index in [9.17, 15) is 18.7 Å². The zero-order valence-electron chi connectivity index (χ0n) is 18.7. The van der Waals surface area contributed by atoms with Crippen LogP contribution in [0.1, 0.15) is 74.0 Å². The Morgan fingerprint density at radius 3 is 2.56 bits per heavy atom. The van der Waals surface area contributed by atoms with Crippen molar-refractivity contribution in [1.29, 1.82) is 0 Å². The largest absolute Gasteiger partial charge is 0.481 e. The number of rotatable bonds is 9. The number of nitrogens with zero attached hydrogens (tertiary/aromatic N) is 2. The predicted molar refractivity (Wildman–Crippen MR) is 119 cm³/mol. The van der Waals surface area contributed by atoms with Crippen molar-refractivity contribution in [3.63, 3.8) is 0 Å². The molecular formula is C26H32F2N2O2. The first-order valence-electron chi connectivity index (χ1n) is 11.7. The number of hydrogen-bond acceptors (Lipinski definition) is 3. The normalized spacial score (nSPS) is 18.6. The van der Waals surface area contributed by atoms with Gasteiger partial charge in [0.1, 0.15) is 11.6 Å². The summed E-state index contributed by atoms with van der Waals surface area (Å²) >= 11 is 0. The van der Waals surface area contributed by atoms with Crippen molar-refractivity contribution in [2.75, 3.05) is 13.1 Å². The zero-order valence-corrected chi connectivity index (χ0v) is 18.7. The third kappa shape index (κ3) is 5.52. The molecule has 2 aromatic rings. The van der Waals surface area contributed by atoms with E-state index < -0.39 is 23.6 Å². The molecule has 1 saturated heterocycles. The van der Waals surface area contributed by atoms with Gasteiger partial charge in [-0.3, -0.25) is 14.7 Å². The van der Waals surface area contributed by atoms with Crippen LogP contribution in [0.2, 0.25) is 0 Å². The van der Waals surface area contributed by atoms with Gasteiger partial charge in [-0.15, -0.1) is 0 Å². The molecule has 0 unspecified atom stereocenters. The molecule has 32 heavy (non-hydrogen) atoms. The van der Waals surface area contributed by atoms with E-state index in [2.05, 4.69) is 19.1 Å². The average Bonchev–Trinajstić information content (AvgIpc) is 2.72. The van der Waals surface area contributed by atoms with Gasteiger partial charge in [0, 0.05) is 36.6 Å². The van der Waals surface area contributed by atoms with Gasteiger partial charge in [-0.2, -0.15) is 0 Å². The molecule has 2 aliphatic rings. The average molecular weight is 443 g/mol. The minimum atomic E-state index is -0.967. The molecule has 1 aromatic heterocycles. The van der Waals surface area contributed by atoms with Gasteiger partial charge in [-0.25, -0.2) is 8.78 Å². The van der Waals surface area contributed by atoms with Crippen LogP contribution >= 0.6 is 0 Å². The topological polar surface area (TPSA) is 53.4 Å². The van der Waals surface area contributed by atoms with E-state index >= 15 is 0 Å². The molecule has 1 aliphatic carbocycles. The van der Waals surface area contributed by atoms with Crippen molar-refractivity contribution in [2.45, 2.75) is 70.8 Å². The Labute approximate surface area is 188 Å². The number of hydrogen-bond donors (Lipinski definition) is 1. The number of carboxylic acid groups (broad SMARTS) is 1. The summed E-state index contributed by atoms with van der Waals surface area (Å²) < 4.78 is 27.4. The van der Waals surface area contributed by atoms with Gasteiger partial charge in [0.15, 0.2) is 0 Å². The van der Waals surface area contributed by atoms with Crippen molar-refractivity contribution >= 4 is 5.97 Å². The number of fused-ring (bicyclic) bond motifs is 1. The van der Waals surface area contributed by atoms with Gasteiger partial charge in [0.25, 0.3) is 0 Å². The Morgan fingerprint density at radius 1 is 1.12 bits per heavy atom. The van der Waals surface area contributed by atoms with Gasteiger partial charge in [-0.1, -0.05) is 19.4 Å². The Morgan fingerprint density at radius 2 is 1.84 bits per heavy atom. The van der Waals surface area contributed by atoms with E-state index in [-0.39, 0.29) is 11.8 Å². The second kappa shape index (κ2) is 9.65. The van der Waals surface area contributed by atoms with Crippen LogP contribution in [0.5, 0.6) is 0 Å². The van der Waals surface area contributed by atoms with Crippen molar-refractivity contribution in [3.8, 4) is 0 Å². The standard InChI is InChI=1S/C26H32F2N2O2/c1-26(11-5-4-7-22-10-9-18-6-2-3-8-23(18)29-22)16-30(17-26)24(15-25(31)32)19-12-20(27)14-21(28)13-19/h9-10,12-14,24H,2-8,11,15-17H2,1H3,(H,31,32)/t24-/m0/s1. The fourth-order valence-electron chi connectivity index (χ4n) is 5.33. The van der Waals surface area contributed by atoms with Crippen LogP contribution in [-0.4, -0.2) is 34.0 Å². The summed E-state index contributed by atoms with van der Waals surface area (Å²) in [7, 11) is 0. The minimum absolute atomic E-state index is 0.103. The molecule has 0 radical (unpaired) electrons. The number of halogens is 2. The highest BCUT2D eigenvalue weighted by molar-refractivity contribution is 5.68. The number of carboxylic acids is 1. The first kappa shape index (κ1) is 22.8. The number of aromatic nitrogens is 1. The van der Waals surface area contributed by atoms with Gasteiger partial charge in [0.05, 0.1) is 6.42 Å². The maximum absolute atomic E-state index is 13.7. The van der Waals surface area contributed by atoms with Crippen LogP contribution in [0.3, 0.4) is 0 Å². The van der Waals surface area contributed by atoms with Gasteiger partial charge in [-0.05, 0) is 79.7 Å². The number of pyridine rings is 1. The fraction of sp³-hybridized carbons (Fsp3) is 0.538. The molecule has 1 aromatic carbocycles. The molecule has 0 bridgehead atoms. The summed E-state index contributed by atoms with van der Waals surface area (Å²) in [5.41, 5.74) is 4.38. The summed E-state index contributed by atoms with van der Waals surface area (Å²) in [5.74, 6) is -2.31. The predicted octanol–water partition coefficient (Wildman–Crippen LogP) is 5.49. The van der Waals surface area contributed by atoms with E-state index in [0.717, 1.165) is 57.7 Å². The van der Waals surface area contributed by atoms with E-state index in [0.29, 0.717) is 5.56 Å². The van der Waals surface area contributed by atoms with Crippen LogP contribution in [0.4, 0.5) is 8.78 Å². The number of benzene rings is 1. The van der Waals surface area contributed by atoms with Crippen LogP contribution in [-0.2, 0) is 24.1 Å². The molecule has 4 rings (SSSR count). The van der Waals surface area contributed by atoms with Crippen LogP contribution in [0.15, 0.2) is 30.3 Å². The number of aryl methyl sites for hydroxylation is 3. The van der Waals surface area contributed by atoms with Crippen LogP contribution in [0, 0.1) is 17.0 Å². The summed E-state index contributed by atoms with van der Waals surface area (Å²) in [6.07, 6.45) is 8.79. The number of unbranched alkanes of at least 4 members (excludes halogenated alkanes) is 1. The monoisotopic (exact) mass is 442 g/mol. The Bertz CT molecular complexity index is 952. The summed E-state index contributed by atoms with van der Waals surface area (Å²) in [4.78, 5) is 18.3. The van der Waals surface area contributed by atoms with E-state index in [1.807, 2.05) is 4.90 Å². The number of carbonyl (C=O) groups is 1. The lowest BCUT2D eigenvalue weighted by Crippen LogP contribution is -2.56. The number of aliphatic carboxylic acids is 1. The van der Waals surface area contributed by atoms with Crippen molar-refractivity contribution in [1.82, 2.24) is 9.88 Å². The highest BCUT2D eigenvalue weighted by atomic mass is 19.1. The number of likely N-dealkylation sites (tertiary alicyclic amines) is 1. The van der Waals surface area contributed by atoms with Gasteiger partial charge in [0.2, 0.25) is 0 Å². The second-order valence-electron chi connectivity index (χ2n) is 9.85. The second-order valence-corrected chi connectivity index (χ2v) is 9.85. The van der Waals surface area contributed by atoms with E-state index in [1.54, 1.807) is 0 Å². The van der Waals surface area contributed by atoms with Crippen molar-refractivity contribution < 1.29 is 18.7 Å². The lowest BCUT2D eigenvalue weighted by molar-refractivity contribution is -0.140. The maximum Gasteiger partial charge on any atom is 0.305 e. The summed E-state index contributed by atoms with van der Waals surface area (Å²) in [6.45, 7) is 3.69. The Balaban J connectivity index is 1.28. The molecule has 0 spiro atoms. The van der Waals surface area contributed by atoms with Crippen molar-refractivity contribution in [2.24, 2.45) is 5.41 Å². The molecule has 1 aliphatic heterocycles. The quantitative estimate of drug-likeness (QED) is 0.522. The third-order valence-electron chi connectivity index (χ3n) is 6.95. The summed E-state index contributed by atoms with van der Waals surface area (Å²) in [6, 6.07) is 7.23. The molecule has 1 N–H and O–H groups in total. The van der Waals surface area contributed by atoms with E-state index in [4.69, 9.17) is 4.98 Å². The molecule has 172 valence electrons. The Hall–Kier alpha value is -2.34. The molecular weight excluding hydrogens is 410 g/mol. The lowest BCUT2D eigenvalue weighted by Gasteiger charge is -2.52. The minimum Gasteiger partial charge on any atom is -0.481 e. The maximum atomic E-state index is 13.7. The highest BCUT2D eigenvalue weighted by Gasteiger charge is 2.42. The molecule has 1 fully saturated rings. The van der Waals surface area contributed by atoms with Gasteiger partial charge < -0.3 is 5.11 Å². The van der Waals surface area contributed by atoms with Gasteiger partial charge >= 0.3 is 5.97 Å². The zero-order chi connectivity index (χ0) is 22.7. The Kier molecular flexibility index (Phi) is 6.89. The highest BCUT2D eigenvalue weighted by Crippen LogP contribution is 2.41. The molecule has 2 heterocycles. The molecule has 0 amide bonds. The molecule has 4 nitrogen and oxygen atoms in total. The van der Waals surface area contributed by atoms with Crippen LogP contribution < -0.4 is 0 Å². The molecule has 0 saturated carbocycles. The molecule has 6 heteroatoms. The first-order valence-corrected chi connectivity index (χ1v) is 11.7. The fourth-order valence-corrected chi connectivity index (χ4v) is 5.33. The van der Waals surface area contributed by atoms with Crippen LogP contribution in [0.25, 0.3) is 0 Å². The molecule has 1 atom stereocenters. The van der Waals surface area contributed by atoms with E-state index in [1.165, 1.54) is 41.9 Å². The first-order chi connectivity index (χ1) is 15.3. The van der Waals surface area contributed by atoms with Crippen molar-refractivity contribution in [3.05, 3.63) is 64.5 Å². The summed E-state index contributed by atoms with van der Waals surface area (Å²) in [5, 5.41) is 9.32. The lowest BCUT2D eigenvalue weighted by atomic mass is 9.75. The SMILES string of the molecule is CC1(CCCCc2ccc3c(n2)CCCC3)CN([C@@H](CC(=O)O)c2cc(F)cc(F)c2)C1. The third-order valence-corrected chi connectivity index (χ3v) is 6.95.